The molecular weight excluding hydrogens is 352 g/mol. The molecule has 2 heterocycles. The van der Waals surface area contributed by atoms with Crippen molar-refractivity contribution in [3.05, 3.63) is 56.6 Å². The summed E-state index contributed by atoms with van der Waals surface area (Å²) in [6, 6.07) is 5.82. The Hall–Kier alpha value is -2.45. The number of aryl methyl sites for hydroxylation is 4. The highest BCUT2D eigenvalue weighted by atomic mass is 32.2. The molecular formula is C18H22N4O3S. The first-order chi connectivity index (χ1) is 12.2. The van der Waals surface area contributed by atoms with Crippen molar-refractivity contribution < 1.29 is 8.42 Å². The molecule has 0 saturated carbocycles. The van der Waals surface area contributed by atoms with Crippen molar-refractivity contribution in [1.82, 2.24) is 19.9 Å². The van der Waals surface area contributed by atoms with Gasteiger partial charge in [0.25, 0.3) is 5.56 Å². The fraction of sp³-hybridized carbons (Fsp3) is 0.333. The van der Waals surface area contributed by atoms with Crippen LogP contribution in [0, 0.1) is 27.7 Å². The zero-order chi connectivity index (χ0) is 19.1. The van der Waals surface area contributed by atoms with E-state index in [0.29, 0.717) is 23.4 Å². The zero-order valence-corrected chi connectivity index (χ0v) is 16.0. The van der Waals surface area contributed by atoms with Gasteiger partial charge in [0.05, 0.1) is 11.4 Å². The molecule has 3 rings (SSSR count). The van der Waals surface area contributed by atoms with Crippen LogP contribution in [-0.4, -0.2) is 30.1 Å². The monoisotopic (exact) mass is 374 g/mol. The van der Waals surface area contributed by atoms with Gasteiger partial charge in [0.2, 0.25) is 10.0 Å². The summed E-state index contributed by atoms with van der Waals surface area (Å²) in [6.07, 6.45) is 0.299. The van der Waals surface area contributed by atoms with Gasteiger partial charge in [-0.3, -0.25) is 9.89 Å². The Balaban J connectivity index is 1.82. The lowest BCUT2D eigenvalue weighted by molar-refractivity contribution is 0.580. The molecule has 3 aromatic rings. The molecule has 0 amide bonds. The Kier molecular flexibility index (Phi) is 4.72. The Morgan fingerprint density at radius 3 is 2.50 bits per heavy atom. The van der Waals surface area contributed by atoms with E-state index in [1.54, 1.807) is 13.8 Å². The number of hydrogen-bond acceptors (Lipinski definition) is 4. The smallest absolute Gasteiger partial charge is 0.251 e. The molecule has 0 aliphatic rings. The average Bonchev–Trinajstić information content (AvgIpc) is 2.87. The van der Waals surface area contributed by atoms with Crippen molar-refractivity contribution in [2.75, 3.05) is 6.54 Å². The zero-order valence-electron chi connectivity index (χ0n) is 15.2. The average molecular weight is 374 g/mol. The maximum Gasteiger partial charge on any atom is 0.251 e. The van der Waals surface area contributed by atoms with Crippen molar-refractivity contribution >= 4 is 20.9 Å². The highest BCUT2D eigenvalue weighted by Gasteiger charge is 2.21. The van der Waals surface area contributed by atoms with Crippen LogP contribution in [0.15, 0.2) is 27.9 Å². The highest BCUT2D eigenvalue weighted by molar-refractivity contribution is 7.89. The second-order valence-electron chi connectivity index (χ2n) is 6.58. The number of benzene rings is 1. The van der Waals surface area contributed by atoms with Crippen LogP contribution >= 0.6 is 0 Å². The van der Waals surface area contributed by atoms with Gasteiger partial charge < -0.3 is 4.98 Å². The van der Waals surface area contributed by atoms with Gasteiger partial charge in [0.1, 0.15) is 4.90 Å². The number of aromatic nitrogens is 3. The van der Waals surface area contributed by atoms with Gasteiger partial charge in [-0.1, -0.05) is 6.07 Å². The Bertz CT molecular complexity index is 1120. The van der Waals surface area contributed by atoms with Gasteiger partial charge in [0, 0.05) is 23.0 Å². The lowest BCUT2D eigenvalue weighted by Gasteiger charge is -2.09. The van der Waals surface area contributed by atoms with Gasteiger partial charge in [-0.05, 0) is 57.4 Å². The van der Waals surface area contributed by atoms with Crippen LogP contribution in [0.4, 0.5) is 0 Å². The number of fused-ring (bicyclic) bond motifs is 1. The SMILES string of the molecule is Cc1cc(C)c2cc(CCNS(=O)(=O)c3c(C)n[nH]c3C)c(=O)[nH]c2c1. The van der Waals surface area contributed by atoms with Gasteiger partial charge >= 0.3 is 0 Å². The third-order valence-corrected chi connectivity index (χ3v) is 6.13. The molecule has 8 heteroatoms. The second-order valence-corrected chi connectivity index (χ2v) is 8.28. The van der Waals surface area contributed by atoms with E-state index in [1.165, 1.54) is 0 Å². The number of nitrogens with zero attached hydrogens (tertiary/aromatic N) is 1. The molecule has 0 atom stereocenters. The van der Waals surface area contributed by atoms with E-state index in [9.17, 15) is 13.2 Å². The third-order valence-electron chi connectivity index (χ3n) is 4.41. The summed E-state index contributed by atoms with van der Waals surface area (Å²) >= 11 is 0. The molecule has 3 N–H and O–H groups in total. The van der Waals surface area contributed by atoms with Crippen LogP contribution in [0.3, 0.4) is 0 Å². The first-order valence-electron chi connectivity index (χ1n) is 8.33. The Morgan fingerprint density at radius 2 is 1.85 bits per heavy atom. The van der Waals surface area contributed by atoms with E-state index in [-0.39, 0.29) is 17.0 Å². The van der Waals surface area contributed by atoms with E-state index >= 15 is 0 Å². The quantitative estimate of drug-likeness (QED) is 0.635. The topological polar surface area (TPSA) is 108 Å². The fourth-order valence-electron chi connectivity index (χ4n) is 3.23. The molecule has 0 aliphatic carbocycles. The molecule has 0 unspecified atom stereocenters. The van der Waals surface area contributed by atoms with Gasteiger partial charge in [0.15, 0.2) is 0 Å². The van der Waals surface area contributed by atoms with Crippen molar-refractivity contribution in [1.29, 1.82) is 0 Å². The van der Waals surface area contributed by atoms with Crippen molar-refractivity contribution in [3.8, 4) is 0 Å². The van der Waals surface area contributed by atoms with Crippen LogP contribution in [0.2, 0.25) is 0 Å². The Labute approximate surface area is 151 Å². The lowest BCUT2D eigenvalue weighted by Crippen LogP contribution is -2.28. The summed E-state index contributed by atoms with van der Waals surface area (Å²) in [6.45, 7) is 7.40. The highest BCUT2D eigenvalue weighted by Crippen LogP contribution is 2.19. The van der Waals surface area contributed by atoms with Gasteiger partial charge in [-0.15, -0.1) is 0 Å². The largest absolute Gasteiger partial charge is 0.322 e. The van der Waals surface area contributed by atoms with Crippen molar-refractivity contribution in [3.63, 3.8) is 0 Å². The summed E-state index contributed by atoms with van der Waals surface area (Å²) in [5.74, 6) is 0. The number of hydrogen-bond donors (Lipinski definition) is 3. The third kappa shape index (κ3) is 3.42. The Morgan fingerprint density at radius 1 is 1.12 bits per heavy atom. The van der Waals surface area contributed by atoms with Gasteiger partial charge in [-0.2, -0.15) is 5.10 Å². The summed E-state index contributed by atoms with van der Waals surface area (Å²) in [4.78, 5) is 15.3. The minimum absolute atomic E-state index is 0.131. The second kappa shape index (κ2) is 6.69. The maximum absolute atomic E-state index is 12.5. The normalized spacial score (nSPS) is 12.0. The summed E-state index contributed by atoms with van der Waals surface area (Å²) < 4.78 is 27.5. The number of H-pyrrole nitrogens is 2. The molecule has 0 spiro atoms. The standard InChI is InChI=1S/C18H22N4O3S/c1-10-7-11(2)15-9-14(18(23)20-16(15)8-10)5-6-19-26(24,25)17-12(3)21-22-13(17)4/h7-9,19H,5-6H2,1-4H3,(H,20,23)(H,21,22). The van der Waals surface area contributed by atoms with Crippen molar-refractivity contribution in [2.24, 2.45) is 0 Å². The molecule has 0 fully saturated rings. The number of nitrogens with one attached hydrogen (secondary N) is 3. The number of pyridine rings is 1. The number of rotatable bonds is 5. The molecule has 26 heavy (non-hydrogen) atoms. The van der Waals surface area contributed by atoms with Crippen LogP contribution in [0.1, 0.15) is 28.1 Å². The van der Waals surface area contributed by atoms with Crippen LogP contribution < -0.4 is 10.3 Å². The number of sulfonamides is 1. The van der Waals surface area contributed by atoms with Crippen LogP contribution in [-0.2, 0) is 16.4 Å². The van der Waals surface area contributed by atoms with E-state index < -0.39 is 10.0 Å². The molecule has 0 aliphatic heterocycles. The van der Waals surface area contributed by atoms with E-state index in [0.717, 1.165) is 22.0 Å². The first kappa shape index (κ1) is 18.3. The molecule has 0 bridgehead atoms. The minimum atomic E-state index is -3.67. The first-order valence-corrected chi connectivity index (χ1v) is 9.82. The summed E-state index contributed by atoms with van der Waals surface area (Å²) in [5, 5.41) is 7.55. The molecule has 138 valence electrons. The van der Waals surface area contributed by atoms with E-state index in [1.807, 2.05) is 26.0 Å². The molecule has 0 saturated heterocycles. The molecule has 1 aromatic carbocycles. The predicted octanol–water partition coefficient (Wildman–Crippen LogP) is 2.01. The fourth-order valence-corrected chi connectivity index (χ4v) is 4.63. The van der Waals surface area contributed by atoms with Crippen LogP contribution in [0.5, 0.6) is 0 Å². The van der Waals surface area contributed by atoms with E-state index in [2.05, 4.69) is 26.0 Å². The maximum atomic E-state index is 12.5. The van der Waals surface area contributed by atoms with E-state index in [4.69, 9.17) is 0 Å². The lowest BCUT2D eigenvalue weighted by atomic mass is 10.0. The molecule has 7 nitrogen and oxygen atoms in total. The minimum Gasteiger partial charge on any atom is -0.322 e. The molecule has 0 radical (unpaired) electrons. The summed E-state index contributed by atoms with van der Waals surface area (Å²) in [7, 11) is -3.67. The predicted molar refractivity (Wildman–Crippen MR) is 101 cm³/mol. The van der Waals surface area contributed by atoms with Gasteiger partial charge in [-0.25, -0.2) is 13.1 Å². The van der Waals surface area contributed by atoms with Crippen molar-refractivity contribution in [2.45, 2.75) is 39.0 Å². The number of aromatic amines is 2. The summed E-state index contributed by atoms with van der Waals surface area (Å²) in [5.41, 5.74) is 4.21. The molecule has 2 aromatic heterocycles. The van der Waals surface area contributed by atoms with Crippen LogP contribution in [0.25, 0.3) is 10.9 Å².